The van der Waals surface area contributed by atoms with Gasteiger partial charge in [0.15, 0.2) is 0 Å². The SMILES string of the molecule is CCN(C(=O)Cn1ccnc1C(O)c1cccnc1)c1ccccc1. The number of aromatic nitrogens is 3. The first-order valence-corrected chi connectivity index (χ1v) is 8.15. The number of benzene rings is 1. The molecule has 0 aliphatic carbocycles. The van der Waals surface area contributed by atoms with E-state index in [2.05, 4.69) is 9.97 Å². The van der Waals surface area contributed by atoms with Crippen LogP contribution in [-0.4, -0.2) is 32.1 Å². The molecular formula is C19H20N4O2. The van der Waals surface area contributed by atoms with E-state index in [9.17, 15) is 9.90 Å². The van der Waals surface area contributed by atoms with Crippen molar-refractivity contribution in [2.75, 3.05) is 11.4 Å². The number of rotatable bonds is 6. The van der Waals surface area contributed by atoms with Crippen LogP contribution in [0.15, 0.2) is 67.3 Å². The van der Waals surface area contributed by atoms with Gasteiger partial charge < -0.3 is 14.6 Å². The smallest absolute Gasteiger partial charge is 0.246 e. The molecule has 2 heterocycles. The van der Waals surface area contributed by atoms with E-state index in [1.165, 1.54) is 0 Å². The normalized spacial score (nSPS) is 11.9. The van der Waals surface area contributed by atoms with E-state index in [-0.39, 0.29) is 12.5 Å². The Kier molecular flexibility index (Phi) is 5.20. The number of imidazole rings is 1. The number of amides is 1. The number of nitrogens with zero attached hydrogens (tertiary/aromatic N) is 4. The molecule has 6 heteroatoms. The minimum atomic E-state index is -0.927. The van der Waals surface area contributed by atoms with Crippen molar-refractivity contribution in [3.8, 4) is 0 Å². The first kappa shape index (κ1) is 16.9. The predicted molar refractivity (Wildman–Crippen MR) is 95.0 cm³/mol. The summed E-state index contributed by atoms with van der Waals surface area (Å²) >= 11 is 0. The summed E-state index contributed by atoms with van der Waals surface area (Å²) < 4.78 is 1.67. The highest BCUT2D eigenvalue weighted by atomic mass is 16.3. The van der Waals surface area contributed by atoms with Gasteiger partial charge in [0.2, 0.25) is 5.91 Å². The van der Waals surface area contributed by atoms with Gasteiger partial charge in [-0.25, -0.2) is 4.98 Å². The Morgan fingerprint density at radius 3 is 2.68 bits per heavy atom. The van der Waals surface area contributed by atoms with Crippen LogP contribution in [-0.2, 0) is 11.3 Å². The van der Waals surface area contributed by atoms with Crippen LogP contribution < -0.4 is 4.90 Å². The van der Waals surface area contributed by atoms with Gasteiger partial charge in [-0.3, -0.25) is 9.78 Å². The number of para-hydroxylation sites is 1. The van der Waals surface area contributed by atoms with Crippen molar-refractivity contribution in [3.63, 3.8) is 0 Å². The van der Waals surface area contributed by atoms with E-state index in [0.717, 1.165) is 5.69 Å². The van der Waals surface area contributed by atoms with E-state index in [1.807, 2.05) is 37.3 Å². The van der Waals surface area contributed by atoms with E-state index in [4.69, 9.17) is 0 Å². The third-order valence-electron chi connectivity index (χ3n) is 3.98. The van der Waals surface area contributed by atoms with E-state index in [0.29, 0.717) is 17.9 Å². The zero-order valence-electron chi connectivity index (χ0n) is 14.0. The summed E-state index contributed by atoms with van der Waals surface area (Å²) in [5.74, 6) is 0.358. The zero-order chi connectivity index (χ0) is 17.6. The first-order valence-electron chi connectivity index (χ1n) is 8.15. The van der Waals surface area contributed by atoms with Gasteiger partial charge in [-0.1, -0.05) is 24.3 Å². The second-order valence-electron chi connectivity index (χ2n) is 5.58. The lowest BCUT2D eigenvalue weighted by molar-refractivity contribution is -0.119. The maximum atomic E-state index is 12.7. The van der Waals surface area contributed by atoms with Gasteiger partial charge in [-0.2, -0.15) is 0 Å². The second kappa shape index (κ2) is 7.72. The highest BCUT2D eigenvalue weighted by Crippen LogP contribution is 2.20. The maximum absolute atomic E-state index is 12.7. The van der Waals surface area contributed by atoms with Crippen molar-refractivity contribution >= 4 is 11.6 Å². The molecule has 6 nitrogen and oxygen atoms in total. The van der Waals surface area contributed by atoms with Gasteiger partial charge in [-0.15, -0.1) is 0 Å². The van der Waals surface area contributed by atoms with Crippen LogP contribution in [0.1, 0.15) is 24.4 Å². The van der Waals surface area contributed by atoms with Crippen molar-refractivity contribution in [2.45, 2.75) is 19.6 Å². The van der Waals surface area contributed by atoms with Crippen molar-refractivity contribution in [1.82, 2.24) is 14.5 Å². The third-order valence-corrected chi connectivity index (χ3v) is 3.98. The molecule has 25 heavy (non-hydrogen) atoms. The number of aliphatic hydroxyl groups is 1. The molecule has 0 aliphatic heterocycles. The number of anilines is 1. The van der Waals surface area contributed by atoms with Crippen LogP contribution in [0.5, 0.6) is 0 Å². The van der Waals surface area contributed by atoms with Gasteiger partial charge in [0.1, 0.15) is 18.5 Å². The summed E-state index contributed by atoms with van der Waals surface area (Å²) in [5.41, 5.74) is 1.49. The molecule has 1 amide bonds. The number of hydrogen-bond acceptors (Lipinski definition) is 4. The first-order chi connectivity index (χ1) is 12.2. The predicted octanol–water partition coefficient (Wildman–Crippen LogP) is 2.41. The molecule has 3 aromatic rings. The Hall–Kier alpha value is -2.99. The van der Waals surface area contributed by atoms with Gasteiger partial charge in [-0.05, 0) is 25.1 Å². The molecule has 0 radical (unpaired) electrons. The molecule has 2 aromatic heterocycles. The lowest BCUT2D eigenvalue weighted by atomic mass is 10.1. The Morgan fingerprint density at radius 1 is 1.20 bits per heavy atom. The largest absolute Gasteiger partial charge is 0.380 e. The number of likely N-dealkylation sites (N-methyl/N-ethyl adjacent to an activating group) is 1. The Morgan fingerprint density at radius 2 is 2.00 bits per heavy atom. The molecule has 128 valence electrons. The van der Waals surface area contributed by atoms with Crippen LogP contribution in [0, 0.1) is 0 Å². The van der Waals surface area contributed by atoms with Crippen molar-refractivity contribution in [2.24, 2.45) is 0 Å². The lowest BCUT2D eigenvalue weighted by Crippen LogP contribution is -2.34. The van der Waals surface area contributed by atoms with Crippen LogP contribution >= 0.6 is 0 Å². The van der Waals surface area contributed by atoms with E-state index >= 15 is 0 Å². The van der Waals surface area contributed by atoms with Gasteiger partial charge in [0.25, 0.3) is 0 Å². The van der Waals surface area contributed by atoms with Crippen molar-refractivity contribution in [3.05, 3.63) is 78.6 Å². The highest BCUT2D eigenvalue weighted by Gasteiger charge is 2.20. The second-order valence-corrected chi connectivity index (χ2v) is 5.58. The molecule has 1 aromatic carbocycles. The maximum Gasteiger partial charge on any atom is 0.246 e. The summed E-state index contributed by atoms with van der Waals surface area (Å²) in [7, 11) is 0. The number of carbonyl (C=O) groups excluding carboxylic acids is 1. The Bertz CT molecular complexity index is 818. The fourth-order valence-electron chi connectivity index (χ4n) is 2.73. The molecule has 1 unspecified atom stereocenters. The molecule has 1 atom stereocenters. The molecule has 0 fully saturated rings. The van der Waals surface area contributed by atoms with Crippen molar-refractivity contribution in [1.29, 1.82) is 0 Å². The van der Waals surface area contributed by atoms with E-state index < -0.39 is 6.10 Å². The average Bonchev–Trinajstić information content (AvgIpc) is 3.11. The Labute approximate surface area is 146 Å². The van der Waals surface area contributed by atoms with Gasteiger partial charge in [0, 0.05) is 42.6 Å². The summed E-state index contributed by atoms with van der Waals surface area (Å²) in [5, 5.41) is 10.5. The van der Waals surface area contributed by atoms with Gasteiger partial charge in [0.05, 0.1) is 0 Å². The van der Waals surface area contributed by atoms with Crippen molar-refractivity contribution < 1.29 is 9.90 Å². The summed E-state index contributed by atoms with van der Waals surface area (Å²) in [6.45, 7) is 2.61. The molecule has 3 rings (SSSR count). The molecule has 0 spiro atoms. The highest BCUT2D eigenvalue weighted by molar-refractivity contribution is 5.93. The Balaban J connectivity index is 1.80. The zero-order valence-corrected chi connectivity index (χ0v) is 14.0. The monoisotopic (exact) mass is 336 g/mol. The lowest BCUT2D eigenvalue weighted by Gasteiger charge is -2.22. The molecule has 0 aliphatic rings. The summed E-state index contributed by atoms with van der Waals surface area (Å²) in [4.78, 5) is 22.7. The molecule has 0 saturated carbocycles. The van der Waals surface area contributed by atoms with Crippen LogP contribution in [0.25, 0.3) is 0 Å². The number of aliphatic hydroxyl groups excluding tert-OH is 1. The number of carbonyl (C=O) groups is 1. The standard InChI is InChI=1S/C19H20N4O2/c1-2-23(16-8-4-3-5-9-16)17(24)14-22-12-11-21-19(22)18(25)15-7-6-10-20-13-15/h3-13,18,25H,2,14H2,1H3. The van der Waals surface area contributed by atoms with Crippen LogP contribution in [0.2, 0.25) is 0 Å². The minimum absolute atomic E-state index is 0.0636. The number of pyridine rings is 1. The molecular weight excluding hydrogens is 316 g/mol. The van der Waals surface area contributed by atoms with E-state index in [1.54, 1.807) is 46.4 Å². The van der Waals surface area contributed by atoms with Gasteiger partial charge >= 0.3 is 0 Å². The average molecular weight is 336 g/mol. The molecule has 1 N–H and O–H groups in total. The summed E-state index contributed by atoms with van der Waals surface area (Å²) in [6, 6.07) is 13.1. The number of hydrogen-bond donors (Lipinski definition) is 1. The topological polar surface area (TPSA) is 71.2 Å². The van der Waals surface area contributed by atoms with Crippen LogP contribution in [0.3, 0.4) is 0 Å². The summed E-state index contributed by atoms with van der Waals surface area (Å²) in [6.07, 6.45) is 5.59. The molecule has 0 saturated heterocycles. The quantitative estimate of drug-likeness (QED) is 0.750. The molecule has 0 bridgehead atoms. The van der Waals surface area contributed by atoms with Crippen LogP contribution in [0.4, 0.5) is 5.69 Å². The third kappa shape index (κ3) is 3.75. The fraction of sp³-hybridized carbons (Fsp3) is 0.211. The minimum Gasteiger partial charge on any atom is -0.380 e. The fourth-order valence-corrected chi connectivity index (χ4v) is 2.73.